The molecule has 0 aliphatic heterocycles. The Labute approximate surface area is 175 Å². The molecule has 0 saturated heterocycles. The van der Waals surface area contributed by atoms with Gasteiger partial charge in [0.2, 0.25) is 11.5 Å². The molecule has 0 unspecified atom stereocenters. The highest BCUT2D eigenvalue weighted by Gasteiger charge is 2.09. The molecule has 0 fully saturated rings. The number of imidazole rings is 1. The summed E-state index contributed by atoms with van der Waals surface area (Å²) < 4.78 is 4.26. The lowest BCUT2D eigenvalue weighted by molar-refractivity contribution is -0.671. The Balaban J connectivity index is 0.00000261. The highest BCUT2D eigenvalue weighted by Crippen LogP contribution is 2.27. The van der Waals surface area contributed by atoms with Gasteiger partial charge in [0.05, 0.1) is 25.0 Å². The van der Waals surface area contributed by atoms with Crippen LogP contribution in [0.4, 0.5) is 16.5 Å². The van der Waals surface area contributed by atoms with Gasteiger partial charge in [0.15, 0.2) is 0 Å². The van der Waals surface area contributed by atoms with Gasteiger partial charge in [-0.25, -0.2) is 14.1 Å². The van der Waals surface area contributed by atoms with Gasteiger partial charge in [0.25, 0.3) is 0 Å². The number of likely N-dealkylation sites (N-methyl/N-ethyl adjacent to an activating group) is 1. The predicted octanol–water partition coefficient (Wildman–Crippen LogP) is 1.33. The minimum absolute atomic E-state index is 0. The van der Waals surface area contributed by atoms with Crippen LogP contribution in [-0.2, 0) is 13.6 Å². The molecule has 2 heterocycles. The molecule has 0 radical (unpaired) electrons. The summed E-state index contributed by atoms with van der Waals surface area (Å²) >= 11 is 1.51. The zero-order chi connectivity index (χ0) is 18.5. The van der Waals surface area contributed by atoms with E-state index in [0.29, 0.717) is 5.13 Å². The number of hydrogen-bond donors (Lipinski definition) is 0. The van der Waals surface area contributed by atoms with Crippen molar-refractivity contribution in [2.45, 2.75) is 27.3 Å². The Morgan fingerprint density at radius 1 is 1.26 bits per heavy atom. The summed E-state index contributed by atoms with van der Waals surface area (Å²) in [5, 5.41) is 11.3. The zero-order valence-electron chi connectivity index (χ0n) is 16.1. The monoisotopic (exact) mass is 448 g/mol. The lowest BCUT2D eigenvalue weighted by Crippen LogP contribution is -3.00. The van der Waals surface area contributed by atoms with E-state index in [0.717, 1.165) is 36.6 Å². The van der Waals surface area contributed by atoms with E-state index in [-0.39, 0.29) is 17.0 Å². The molecule has 1 aromatic carbocycles. The molecule has 8 heteroatoms. The Morgan fingerprint density at radius 2 is 2.07 bits per heavy atom. The maximum absolute atomic E-state index is 4.36. The Morgan fingerprint density at radius 3 is 2.67 bits per heavy atom. The van der Waals surface area contributed by atoms with Gasteiger partial charge in [0, 0.05) is 17.6 Å². The van der Waals surface area contributed by atoms with E-state index in [1.807, 2.05) is 25.4 Å². The van der Waals surface area contributed by atoms with Crippen molar-refractivity contribution in [2.24, 2.45) is 17.3 Å². The van der Waals surface area contributed by atoms with Gasteiger partial charge in [-0.05, 0) is 44.5 Å². The number of halogens is 1. The number of nitrogens with zero attached hydrogens (tertiary/aromatic N) is 6. The van der Waals surface area contributed by atoms with Crippen molar-refractivity contribution in [3.63, 3.8) is 0 Å². The molecule has 6 nitrogen and oxygen atoms in total. The number of hydrogen-bond acceptors (Lipinski definition) is 5. The van der Waals surface area contributed by atoms with Crippen LogP contribution >= 0.6 is 11.3 Å². The van der Waals surface area contributed by atoms with Crippen molar-refractivity contribution >= 4 is 27.8 Å². The van der Waals surface area contributed by atoms with Crippen molar-refractivity contribution < 1.29 is 21.5 Å². The largest absolute Gasteiger partial charge is 1.00 e. The summed E-state index contributed by atoms with van der Waals surface area (Å²) in [6, 6.07) is 6.33. The van der Waals surface area contributed by atoms with Gasteiger partial charge in [-0.1, -0.05) is 0 Å². The first-order valence-corrected chi connectivity index (χ1v) is 9.63. The summed E-state index contributed by atoms with van der Waals surface area (Å²) in [4.78, 5) is 6.69. The number of rotatable bonds is 7. The first-order valence-electron chi connectivity index (χ1n) is 8.75. The number of anilines is 1. The third-order valence-corrected chi connectivity index (χ3v) is 5.07. The molecular weight excluding hydrogens is 424 g/mol. The molecule has 2 aromatic heterocycles. The zero-order valence-corrected chi connectivity index (χ0v) is 18.5. The van der Waals surface area contributed by atoms with Crippen LogP contribution in [0.5, 0.6) is 0 Å². The Kier molecular flexibility index (Phi) is 7.67. The van der Waals surface area contributed by atoms with Crippen LogP contribution in [0.1, 0.15) is 18.2 Å². The van der Waals surface area contributed by atoms with E-state index in [1.165, 1.54) is 17.0 Å². The van der Waals surface area contributed by atoms with Crippen molar-refractivity contribution in [3.05, 3.63) is 53.6 Å². The lowest BCUT2D eigenvalue weighted by atomic mass is 10.1. The second kappa shape index (κ2) is 9.75. The Hall–Kier alpha value is -2.06. The maximum Gasteiger partial charge on any atom is 0.243 e. The van der Waals surface area contributed by atoms with E-state index >= 15 is 0 Å². The number of azo groups is 1. The van der Waals surface area contributed by atoms with Crippen LogP contribution in [0, 0.1) is 13.8 Å². The van der Waals surface area contributed by atoms with Crippen molar-refractivity contribution in [2.75, 3.05) is 18.0 Å². The predicted molar refractivity (Wildman–Crippen MR) is 106 cm³/mol. The van der Waals surface area contributed by atoms with Crippen LogP contribution in [0.15, 0.2) is 52.5 Å². The number of aromatic nitrogens is 3. The summed E-state index contributed by atoms with van der Waals surface area (Å²) in [7, 11) is 2.04. The Bertz CT molecular complexity index is 901. The van der Waals surface area contributed by atoms with E-state index in [4.69, 9.17) is 0 Å². The minimum atomic E-state index is 0. The van der Waals surface area contributed by atoms with Gasteiger partial charge < -0.3 is 21.9 Å². The summed E-state index contributed by atoms with van der Waals surface area (Å²) in [6.45, 7) is 9.10. The molecule has 27 heavy (non-hydrogen) atoms. The average Bonchev–Trinajstić information content (AvgIpc) is 3.23. The molecule has 0 aliphatic rings. The van der Waals surface area contributed by atoms with Gasteiger partial charge in [-0.3, -0.25) is 0 Å². The van der Waals surface area contributed by atoms with E-state index in [1.54, 1.807) is 0 Å². The molecule has 0 atom stereocenters. The van der Waals surface area contributed by atoms with Crippen molar-refractivity contribution in [3.8, 4) is 0 Å². The van der Waals surface area contributed by atoms with Gasteiger partial charge in [-0.2, -0.15) is 0 Å². The van der Waals surface area contributed by atoms with Crippen LogP contribution in [0.3, 0.4) is 0 Å². The summed E-state index contributed by atoms with van der Waals surface area (Å²) in [5.41, 5.74) is 4.19. The molecular formula is C19H25BrN6S. The average molecular weight is 449 g/mol. The molecule has 144 valence electrons. The first kappa shape index (κ1) is 21.2. The third-order valence-electron chi connectivity index (χ3n) is 4.23. The van der Waals surface area contributed by atoms with E-state index in [2.05, 4.69) is 73.9 Å². The molecule has 3 aromatic rings. The van der Waals surface area contributed by atoms with Gasteiger partial charge in [-0.15, -0.1) is 21.6 Å². The highest BCUT2D eigenvalue weighted by atomic mass is 79.9. The fourth-order valence-electron chi connectivity index (χ4n) is 2.77. The van der Waals surface area contributed by atoms with Gasteiger partial charge >= 0.3 is 0 Å². The molecule has 0 saturated carbocycles. The number of benzene rings is 1. The first-order chi connectivity index (χ1) is 12.5. The number of thiazole rings is 1. The fraction of sp³-hybridized carbons (Fsp3) is 0.368. The molecule has 3 rings (SSSR count). The summed E-state index contributed by atoms with van der Waals surface area (Å²) in [5.74, 6) is 0. The second-order valence-electron chi connectivity index (χ2n) is 6.34. The van der Waals surface area contributed by atoms with Crippen LogP contribution in [0.2, 0.25) is 0 Å². The third kappa shape index (κ3) is 5.71. The fourth-order valence-corrected chi connectivity index (χ4v) is 3.39. The minimum Gasteiger partial charge on any atom is -1.00 e. The molecule has 0 amide bonds. The quantitative estimate of drug-likeness (QED) is 0.404. The lowest BCUT2D eigenvalue weighted by Gasteiger charge is -2.22. The molecule has 0 spiro atoms. The molecule has 0 bridgehead atoms. The number of aryl methyl sites for hydroxylation is 3. The van der Waals surface area contributed by atoms with Crippen molar-refractivity contribution in [1.29, 1.82) is 0 Å². The van der Waals surface area contributed by atoms with Crippen LogP contribution < -0.4 is 26.4 Å². The van der Waals surface area contributed by atoms with Crippen LogP contribution in [0.25, 0.3) is 0 Å². The molecule has 0 N–H and O–H groups in total. The topological polar surface area (TPSA) is 49.7 Å². The smallest absolute Gasteiger partial charge is 0.243 e. The van der Waals surface area contributed by atoms with Crippen molar-refractivity contribution in [1.82, 2.24) is 9.55 Å². The van der Waals surface area contributed by atoms with E-state index < -0.39 is 0 Å². The maximum atomic E-state index is 4.36. The van der Waals surface area contributed by atoms with E-state index in [9.17, 15) is 0 Å². The standard InChI is InChI=1S/C19H25N6S.BrH/c1-5-25(11-10-24-9-8-23(4)14-24)17-6-7-18(15(2)12-17)21-22-19-20-16(3)13-26-19;/h6-9,12-14H,5,10-11H2,1-4H3;1H/q+1;/p-1/b22-21+;. The normalized spacial score (nSPS) is 11.0. The second-order valence-corrected chi connectivity index (χ2v) is 7.18. The van der Waals surface area contributed by atoms with Gasteiger partial charge in [0.1, 0.15) is 18.9 Å². The highest BCUT2D eigenvalue weighted by molar-refractivity contribution is 7.13. The van der Waals surface area contributed by atoms with Crippen LogP contribution in [-0.4, -0.2) is 22.6 Å². The molecule has 0 aliphatic carbocycles. The summed E-state index contributed by atoms with van der Waals surface area (Å²) in [6.07, 6.45) is 6.26. The SMILES string of the molecule is CCN(CCn1cc[n+](C)c1)c1ccc(/N=N/c2nc(C)cs2)c(C)c1.[Br-].